The Hall–Kier alpha value is -2.70. The maximum Gasteiger partial charge on any atom is 0.163 e. The Bertz CT molecular complexity index is 962. The van der Waals surface area contributed by atoms with E-state index in [9.17, 15) is 0 Å². The van der Waals surface area contributed by atoms with Crippen molar-refractivity contribution in [2.24, 2.45) is 5.73 Å². The summed E-state index contributed by atoms with van der Waals surface area (Å²) < 4.78 is 0. The normalized spacial score (nSPS) is 12.8. The lowest BCUT2D eigenvalue weighted by Gasteiger charge is -2.11. The fraction of sp³-hybridized carbons (Fsp3) is 0.211. The Morgan fingerprint density at radius 1 is 1.23 bits per heavy atom. The highest BCUT2D eigenvalue weighted by Gasteiger charge is 2.16. The van der Waals surface area contributed by atoms with Gasteiger partial charge in [0, 0.05) is 29.3 Å². The summed E-state index contributed by atoms with van der Waals surface area (Å²) in [6.45, 7) is 0.515. The summed E-state index contributed by atoms with van der Waals surface area (Å²) in [6.07, 6.45) is 6.82. The number of anilines is 2. The van der Waals surface area contributed by atoms with Crippen LogP contribution in [0.4, 0.5) is 11.6 Å². The zero-order valence-electron chi connectivity index (χ0n) is 14.2. The highest BCUT2D eigenvalue weighted by atomic mass is 35.5. The van der Waals surface area contributed by atoms with Crippen LogP contribution < -0.4 is 11.1 Å². The van der Waals surface area contributed by atoms with E-state index in [-0.39, 0.29) is 0 Å². The quantitative estimate of drug-likeness (QED) is 0.639. The molecule has 0 fully saturated rings. The molecule has 26 heavy (non-hydrogen) atoms. The monoisotopic (exact) mass is 366 g/mol. The zero-order valence-corrected chi connectivity index (χ0v) is 14.9. The Morgan fingerprint density at radius 3 is 2.96 bits per heavy atom. The molecule has 2 aromatic heterocycles. The van der Waals surface area contributed by atoms with Crippen LogP contribution in [0.2, 0.25) is 5.02 Å². The Kier molecular flexibility index (Phi) is 4.69. The average Bonchev–Trinajstić information content (AvgIpc) is 3.05. The molecule has 0 bridgehead atoms. The van der Waals surface area contributed by atoms with Gasteiger partial charge in [0.15, 0.2) is 11.6 Å². The van der Waals surface area contributed by atoms with Gasteiger partial charge in [0.25, 0.3) is 0 Å². The zero-order chi connectivity index (χ0) is 17.9. The third-order valence-electron chi connectivity index (χ3n) is 4.29. The van der Waals surface area contributed by atoms with E-state index in [2.05, 4.69) is 37.6 Å². The summed E-state index contributed by atoms with van der Waals surface area (Å²) in [6, 6.07) is 9.46. The molecule has 6 nitrogen and oxygen atoms in total. The summed E-state index contributed by atoms with van der Waals surface area (Å²) in [5, 5.41) is 11.4. The molecule has 1 aliphatic rings. The van der Waals surface area contributed by atoms with Gasteiger partial charge < -0.3 is 11.1 Å². The third kappa shape index (κ3) is 3.34. The van der Waals surface area contributed by atoms with E-state index in [1.165, 1.54) is 5.56 Å². The molecule has 0 amide bonds. The number of aromatic nitrogens is 4. The van der Waals surface area contributed by atoms with Crippen LogP contribution in [0.5, 0.6) is 0 Å². The number of hydrogen-bond donors (Lipinski definition) is 3. The van der Waals surface area contributed by atoms with Gasteiger partial charge in [-0.3, -0.25) is 5.10 Å². The number of halogens is 1. The highest BCUT2D eigenvalue weighted by Crippen LogP contribution is 2.29. The molecular formula is C19H19ClN6. The van der Waals surface area contributed by atoms with E-state index in [0.29, 0.717) is 29.6 Å². The fourth-order valence-electron chi connectivity index (χ4n) is 3.02. The molecular weight excluding hydrogens is 348 g/mol. The predicted molar refractivity (Wildman–Crippen MR) is 104 cm³/mol. The van der Waals surface area contributed by atoms with Gasteiger partial charge in [0.1, 0.15) is 5.82 Å². The van der Waals surface area contributed by atoms with Gasteiger partial charge in [0.2, 0.25) is 0 Å². The van der Waals surface area contributed by atoms with Gasteiger partial charge in [-0.05, 0) is 37.6 Å². The minimum atomic E-state index is 0.515. The summed E-state index contributed by atoms with van der Waals surface area (Å²) >= 11 is 6.33. The van der Waals surface area contributed by atoms with Crippen molar-refractivity contribution in [3.63, 3.8) is 0 Å². The molecule has 0 unspecified atom stereocenters. The van der Waals surface area contributed by atoms with Crippen LogP contribution in [-0.4, -0.2) is 26.7 Å². The lowest BCUT2D eigenvalue weighted by Crippen LogP contribution is -2.08. The standard InChI is InChI=1S/C19H19ClN6/c20-15-7-3-1-5-13(15)18-22-12(9-10-21)11-17(23-18)24-19-14-6-2-4-8-16(14)25-26-19/h1,3-5,7-8,11H,2,6,9-10,21H2,(H2,22,23,24,25,26). The molecule has 0 saturated carbocycles. The number of rotatable bonds is 5. The Balaban J connectivity index is 1.73. The first-order valence-corrected chi connectivity index (χ1v) is 8.96. The van der Waals surface area contributed by atoms with Gasteiger partial charge in [-0.25, -0.2) is 9.97 Å². The number of aromatic amines is 1. The number of fused-ring (bicyclic) bond motifs is 1. The smallest absolute Gasteiger partial charge is 0.163 e. The van der Waals surface area contributed by atoms with Gasteiger partial charge in [-0.2, -0.15) is 5.10 Å². The van der Waals surface area contributed by atoms with Crippen LogP contribution in [0, 0.1) is 0 Å². The summed E-state index contributed by atoms with van der Waals surface area (Å²) in [7, 11) is 0. The van der Waals surface area contributed by atoms with Crippen molar-refractivity contribution >= 4 is 29.3 Å². The molecule has 0 aliphatic heterocycles. The van der Waals surface area contributed by atoms with E-state index in [4.69, 9.17) is 17.3 Å². The molecule has 2 heterocycles. The third-order valence-corrected chi connectivity index (χ3v) is 4.62. The van der Waals surface area contributed by atoms with Crippen molar-refractivity contribution in [2.45, 2.75) is 19.3 Å². The number of nitrogens with one attached hydrogen (secondary N) is 2. The SMILES string of the molecule is NCCc1cc(Nc2n[nH]c3c2CCC=C3)nc(-c2ccccc2Cl)n1. The molecule has 7 heteroatoms. The van der Waals surface area contributed by atoms with Gasteiger partial charge >= 0.3 is 0 Å². The predicted octanol–water partition coefficient (Wildman–Crippen LogP) is 3.72. The lowest BCUT2D eigenvalue weighted by atomic mass is 10.0. The van der Waals surface area contributed by atoms with Crippen molar-refractivity contribution in [3.05, 3.63) is 58.4 Å². The number of allylic oxidation sites excluding steroid dienone is 1. The van der Waals surface area contributed by atoms with Crippen LogP contribution in [0.3, 0.4) is 0 Å². The Labute approximate surface area is 156 Å². The molecule has 1 aromatic carbocycles. The second-order valence-corrected chi connectivity index (χ2v) is 6.52. The molecule has 0 saturated heterocycles. The topological polar surface area (TPSA) is 92.5 Å². The molecule has 132 valence electrons. The summed E-state index contributed by atoms with van der Waals surface area (Å²) in [4.78, 5) is 9.27. The van der Waals surface area contributed by atoms with Gasteiger partial charge in [0.05, 0.1) is 10.7 Å². The van der Waals surface area contributed by atoms with Crippen LogP contribution in [0.15, 0.2) is 36.4 Å². The molecule has 4 N–H and O–H groups in total. The first-order chi connectivity index (χ1) is 12.7. The van der Waals surface area contributed by atoms with Crippen LogP contribution in [0.25, 0.3) is 17.5 Å². The van der Waals surface area contributed by atoms with Crippen molar-refractivity contribution in [1.29, 1.82) is 0 Å². The first-order valence-electron chi connectivity index (χ1n) is 8.58. The maximum absolute atomic E-state index is 6.33. The molecule has 1 aliphatic carbocycles. The minimum absolute atomic E-state index is 0.515. The Morgan fingerprint density at radius 2 is 2.12 bits per heavy atom. The largest absolute Gasteiger partial charge is 0.330 e. The van der Waals surface area contributed by atoms with Crippen LogP contribution in [0.1, 0.15) is 23.4 Å². The number of nitrogens with zero attached hydrogens (tertiary/aromatic N) is 3. The summed E-state index contributed by atoms with van der Waals surface area (Å²) in [5.74, 6) is 2.06. The summed E-state index contributed by atoms with van der Waals surface area (Å²) in [5.41, 5.74) is 9.60. The van der Waals surface area contributed by atoms with E-state index < -0.39 is 0 Å². The van der Waals surface area contributed by atoms with Gasteiger partial charge in [-0.1, -0.05) is 29.8 Å². The molecule has 3 aromatic rings. The molecule has 4 rings (SSSR count). The average molecular weight is 367 g/mol. The van der Waals surface area contributed by atoms with E-state index in [0.717, 1.165) is 35.6 Å². The second-order valence-electron chi connectivity index (χ2n) is 6.12. The van der Waals surface area contributed by atoms with Crippen molar-refractivity contribution in [1.82, 2.24) is 20.2 Å². The second kappa shape index (κ2) is 7.27. The van der Waals surface area contributed by atoms with Crippen molar-refractivity contribution in [3.8, 4) is 11.4 Å². The maximum atomic E-state index is 6.33. The number of H-pyrrole nitrogens is 1. The minimum Gasteiger partial charge on any atom is -0.330 e. The number of nitrogens with two attached hydrogens (primary N) is 1. The first kappa shape index (κ1) is 16.8. The number of hydrogen-bond acceptors (Lipinski definition) is 5. The van der Waals surface area contributed by atoms with Crippen molar-refractivity contribution < 1.29 is 0 Å². The van der Waals surface area contributed by atoms with Gasteiger partial charge in [-0.15, -0.1) is 0 Å². The molecule has 0 radical (unpaired) electrons. The van der Waals surface area contributed by atoms with Crippen LogP contribution in [-0.2, 0) is 12.8 Å². The van der Waals surface area contributed by atoms with E-state index in [1.807, 2.05) is 30.3 Å². The fourth-order valence-corrected chi connectivity index (χ4v) is 3.24. The number of benzene rings is 1. The molecule has 0 atom stereocenters. The highest BCUT2D eigenvalue weighted by molar-refractivity contribution is 6.33. The van der Waals surface area contributed by atoms with E-state index in [1.54, 1.807) is 0 Å². The van der Waals surface area contributed by atoms with E-state index >= 15 is 0 Å². The lowest BCUT2D eigenvalue weighted by molar-refractivity contribution is 0.914. The molecule has 0 spiro atoms. The van der Waals surface area contributed by atoms with Crippen molar-refractivity contribution in [2.75, 3.05) is 11.9 Å². The van der Waals surface area contributed by atoms with Crippen LogP contribution >= 0.6 is 11.6 Å².